The van der Waals surface area contributed by atoms with Gasteiger partial charge in [0, 0.05) is 12.7 Å². The topological polar surface area (TPSA) is 90.9 Å². The van der Waals surface area contributed by atoms with E-state index in [0.717, 1.165) is 9.13 Å². The van der Waals surface area contributed by atoms with Crippen molar-refractivity contribution in [2.24, 2.45) is 0 Å². The van der Waals surface area contributed by atoms with Crippen molar-refractivity contribution in [2.75, 3.05) is 5.32 Å². The molecule has 0 saturated carbocycles. The number of carbonyl (C=O) groups excluding carboxylic acids is 1. The van der Waals surface area contributed by atoms with Gasteiger partial charge in [0.2, 0.25) is 5.91 Å². The van der Waals surface area contributed by atoms with E-state index >= 15 is 0 Å². The van der Waals surface area contributed by atoms with Gasteiger partial charge in [-0.25, -0.2) is 13.6 Å². The molecule has 10 heteroatoms. The Morgan fingerprint density at radius 3 is 2.44 bits per heavy atom. The summed E-state index contributed by atoms with van der Waals surface area (Å²) in [6.07, 6.45) is 1.51. The lowest BCUT2D eigenvalue weighted by Crippen LogP contribution is -2.41. The minimum absolute atomic E-state index is 0.0206. The van der Waals surface area contributed by atoms with Crippen LogP contribution >= 0.6 is 0 Å². The molecule has 0 fully saturated rings. The van der Waals surface area contributed by atoms with E-state index in [-0.39, 0.29) is 23.3 Å². The minimum atomic E-state index is -0.730. The van der Waals surface area contributed by atoms with Gasteiger partial charge in [0.1, 0.15) is 18.2 Å². The van der Waals surface area contributed by atoms with Crippen LogP contribution in [-0.4, -0.2) is 24.8 Å². The molecular weight excluding hydrogens is 420 g/mol. The molecule has 1 amide bonds. The molecule has 0 unspecified atom stereocenters. The number of rotatable bonds is 6. The average Bonchev–Trinajstić information content (AvgIpc) is 3.22. The number of hydrogen-bond acceptors (Lipinski definition) is 4. The highest BCUT2D eigenvalue weighted by Crippen LogP contribution is 2.13. The van der Waals surface area contributed by atoms with Gasteiger partial charge in [-0.05, 0) is 36.8 Å². The Kier molecular flexibility index (Phi) is 5.67. The first-order chi connectivity index (χ1) is 15.4. The van der Waals surface area contributed by atoms with E-state index in [0.29, 0.717) is 12.1 Å². The van der Waals surface area contributed by atoms with Crippen LogP contribution in [-0.2, 0) is 24.4 Å². The van der Waals surface area contributed by atoms with Crippen LogP contribution in [0.5, 0.6) is 0 Å². The number of para-hydroxylation sites is 1. The molecule has 2 aromatic carbocycles. The number of nitrogens with one attached hydrogen (secondary N) is 1. The Balaban J connectivity index is 1.78. The third-order valence-electron chi connectivity index (χ3n) is 4.97. The molecule has 0 aliphatic carbocycles. The second kappa shape index (κ2) is 8.58. The van der Waals surface area contributed by atoms with Gasteiger partial charge in [0.25, 0.3) is 5.56 Å². The molecule has 2 heterocycles. The van der Waals surface area contributed by atoms with Crippen molar-refractivity contribution in [1.29, 1.82) is 0 Å². The van der Waals surface area contributed by atoms with Gasteiger partial charge >= 0.3 is 5.69 Å². The fourth-order valence-electron chi connectivity index (χ4n) is 3.35. The fraction of sp³-hybridized carbons (Fsp3) is 0.182. The van der Waals surface area contributed by atoms with Gasteiger partial charge in [0.05, 0.1) is 17.7 Å². The standard InChI is InChI=1S/C22H19F2N5O3/c1-2-27-12-18-20(26-27)21(31)29(11-14-7-9-15(23)10-8-14)22(32)28(18)13-19(30)25-17-6-4-3-5-16(17)24/h3-10,12H,2,11,13H2,1H3,(H,25,30). The van der Waals surface area contributed by atoms with Crippen molar-refractivity contribution in [2.45, 2.75) is 26.6 Å². The Labute approximate surface area is 180 Å². The highest BCUT2D eigenvalue weighted by atomic mass is 19.1. The normalized spacial score (nSPS) is 11.1. The van der Waals surface area contributed by atoms with Gasteiger partial charge < -0.3 is 5.32 Å². The Bertz CT molecular complexity index is 1420. The van der Waals surface area contributed by atoms with Crippen LogP contribution in [0.4, 0.5) is 14.5 Å². The van der Waals surface area contributed by atoms with Gasteiger partial charge in [-0.1, -0.05) is 24.3 Å². The first kappa shape index (κ1) is 21.2. The number of aromatic nitrogens is 4. The lowest BCUT2D eigenvalue weighted by Gasteiger charge is -2.12. The zero-order valence-electron chi connectivity index (χ0n) is 17.1. The molecule has 0 aliphatic heterocycles. The summed E-state index contributed by atoms with van der Waals surface area (Å²) in [4.78, 5) is 38.8. The number of fused-ring (bicyclic) bond motifs is 1. The summed E-state index contributed by atoms with van der Waals surface area (Å²) in [6, 6.07) is 11.0. The summed E-state index contributed by atoms with van der Waals surface area (Å²) in [6.45, 7) is 1.68. The molecule has 0 atom stereocenters. The predicted molar refractivity (Wildman–Crippen MR) is 114 cm³/mol. The summed E-state index contributed by atoms with van der Waals surface area (Å²) in [5, 5.41) is 6.66. The van der Waals surface area contributed by atoms with Gasteiger partial charge in [0.15, 0.2) is 5.52 Å². The molecule has 0 aliphatic rings. The maximum atomic E-state index is 13.9. The molecule has 8 nitrogen and oxygen atoms in total. The van der Waals surface area contributed by atoms with Crippen LogP contribution in [0.3, 0.4) is 0 Å². The maximum absolute atomic E-state index is 13.9. The number of benzene rings is 2. The molecule has 0 radical (unpaired) electrons. The number of anilines is 1. The van der Waals surface area contributed by atoms with E-state index in [9.17, 15) is 23.2 Å². The van der Waals surface area contributed by atoms with Crippen LogP contribution in [0.15, 0.2) is 64.3 Å². The number of nitrogens with zero attached hydrogens (tertiary/aromatic N) is 4. The van der Waals surface area contributed by atoms with Crippen LogP contribution in [0.25, 0.3) is 11.0 Å². The third kappa shape index (κ3) is 4.07. The highest BCUT2D eigenvalue weighted by Gasteiger charge is 2.19. The lowest BCUT2D eigenvalue weighted by molar-refractivity contribution is -0.116. The largest absolute Gasteiger partial charge is 0.332 e. The molecule has 32 heavy (non-hydrogen) atoms. The first-order valence-electron chi connectivity index (χ1n) is 9.87. The smallest absolute Gasteiger partial charge is 0.322 e. The monoisotopic (exact) mass is 439 g/mol. The minimum Gasteiger partial charge on any atom is -0.322 e. The van der Waals surface area contributed by atoms with E-state index < -0.39 is 35.3 Å². The summed E-state index contributed by atoms with van der Waals surface area (Å²) < 4.78 is 30.7. The first-order valence-corrected chi connectivity index (χ1v) is 9.87. The van der Waals surface area contributed by atoms with E-state index in [2.05, 4.69) is 10.4 Å². The van der Waals surface area contributed by atoms with E-state index in [1.807, 2.05) is 6.92 Å². The number of halogens is 2. The second-order valence-electron chi connectivity index (χ2n) is 7.13. The molecule has 0 spiro atoms. The van der Waals surface area contributed by atoms with Crippen molar-refractivity contribution in [3.63, 3.8) is 0 Å². The number of carbonyl (C=O) groups is 1. The molecule has 4 rings (SSSR count). The second-order valence-corrected chi connectivity index (χ2v) is 7.13. The lowest BCUT2D eigenvalue weighted by atomic mass is 10.2. The van der Waals surface area contributed by atoms with E-state index in [1.165, 1.54) is 53.3 Å². The van der Waals surface area contributed by atoms with Gasteiger partial charge in [-0.2, -0.15) is 5.10 Å². The quantitative estimate of drug-likeness (QED) is 0.499. The van der Waals surface area contributed by atoms with Crippen molar-refractivity contribution in [3.8, 4) is 0 Å². The SMILES string of the molecule is CCn1cc2c(n1)c(=O)n(Cc1ccc(F)cc1)c(=O)n2CC(=O)Nc1ccccc1F. The van der Waals surface area contributed by atoms with Crippen LogP contribution in [0.2, 0.25) is 0 Å². The molecule has 0 saturated heterocycles. The summed E-state index contributed by atoms with van der Waals surface area (Å²) >= 11 is 0. The van der Waals surface area contributed by atoms with E-state index in [1.54, 1.807) is 6.07 Å². The zero-order chi connectivity index (χ0) is 22.8. The van der Waals surface area contributed by atoms with Gasteiger partial charge in [-0.3, -0.25) is 23.4 Å². The molecule has 0 bridgehead atoms. The average molecular weight is 439 g/mol. The molecule has 164 valence electrons. The Morgan fingerprint density at radius 1 is 1.03 bits per heavy atom. The highest BCUT2D eigenvalue weighted by molar-refractivity contribution is 5.91. The molecule has 4 aromatic rings. The van der Waals surface area contributed by atoms with Crippen molar-refractivity contribution in [3.05, 3.63) is 92.8 Å². The molecule has 1 N–H and O–H groups in total. The number of amides is 1. The van der Waals surface area contributed by atoms with Crippen LogP contribution in [0.1, 0.15) is 12.5 Å². The van der Waals surface area contributed by atoms with Crippen molar-refractivity contribution in [1.82, 2.24) is 18.9 Å². The Morgan fingerprint density at radius 2 is 1.75 bits per heavy atom. The number of aryl methyl sites for hydroxylation is 1. The van der Waals surface area contributed by atoms with Crippen molar-refractivity contribution >= 4 is 22.6 Å². The summed E-state index contributed by atoms with van der Waals surface area (Å²) in [7, 11) is 0. The van der Waals surface area contributed by atoms with Gasteiger partial charge in [-0.15, -0.1) is 0 Å². The Hall–Kier alpha value is -4.08. The fourth-order valence-corrected chi connectivity index (χ4v) is 3.35. The third-order valence-corrected chi connectivity index (χ3v) is 4.97. The summed E-state index contributed by atoms with van der Waals surface area (Å²) in [5.74, 6) is -1.70. The van der Waals surface area contributed by atoms with Crippen LogP contribution < -0.4 is 16.6 Å². The predicted octanol–water partition coefficient (Wildman–Crippen LogP) is 2.34. The number of hydrogen-bond donors (Lipinski definition) is 1. The van der Waals surface area contributed by atoms with Crippen LogP contribution in [0, 0.1) is 11.6 Å². The van der Waals surface area contributed by atoms with Crippen molar-refractivity contribution < 1.29 is 13.6 Å². The summed E-state index contributed by atoms with van der Waals surface area (Å²) in [5.41, 5.74) is -0.625. The molecular formula is C22H19F2N5O3. The zero-order valence-corrected chi connectivity index (χ0v) is 17.1. The molecule has 2 aromatic heterocycles. The van der Waals surface area contributed by atoms with E-state index in [4.69, 9.17) is 0 Å². The maximum Gasteiger partial charge on any atom is 0.332 e.